The summed E-state index contributed by atoms with van der Waals surface area (Å²) in [6, 6.07) is 9.37. The van der Waals surface area contributed by atoms with Crippen molar-refractivity contribution in [1.82, 2.24) is 10.1 Å². The van der Waals surface area contributed by atoms with Gasteiger partial charge >= 0.3 is 5.97 Å². The molecular weight excluding hydrogens is 397 g/mol. The van der Waals surface area contributed by atoms with Crippen LogP contribution >= 0.6 is 11.8 Å². The van der Waals surface area contributed by atoms with Crippen molar-refractivity contribution in [2.24, 2.45) is 0 Å². The highest BCUT2D eigenvalue weighted by Gasteiger charge is 2.17. The smallest absolute Gasteiger partial charge is 0.341 e. The number of benzene rings is 1. The van der Waals surface area contributed by atoms with Gasteiger partial charge in [0.2, 0.25) is 0 Å². The van der Waals surface area contributed by atoms with Crippen LogP contribution in [0.1, 0.15) is 27.4 Å². The molecule has 1 amide bonds. The number of nitrogens with zero attached hydrogens (tertiary/aromatic N) is 2. The van der Waals surface area contributed by atoms with Crippen molar-refractivity contribution in [3.63, 3.8) is 0 Å². The molecule has 150 valence electrons. The summed E-state index contributed by atoms with van der Waals surface area (Å²) in [5.74, 6) is -0.744. The van der Waals surface area contributed by atoms with Crippen molar-refractivity contribution >= 4 is 29.3 Å². The minimum Gasteiger partial charge on any atom is -0.452 e. The van der Waals surface area contributed by atoms with Crippen LogP contribution in [0.15, 0.2) is 52.1 Å². The Balaban J connectivity index is 1.58. The first kappa shape index (κ1) is 20.5. The topological polar surface area (TPSA) is 94.3 Å². The number of pyridine rings is 1. The van der Waals surface area contributed by atoms with Crippen molar-refractivity contribution in [3.05, 3.63) is 71.0 Å². The van der Waals surface area contributed by atoms with Crippen LogP contribution in [0.3, 0.4) is 0 Å². The molecule has 0 unspecified atom stereocenters. The monoisotopic (exact) mass is 415 g/mol. The molecular formula is C20H18FN3O4S. The quantitative estimate of drug-likeness (QED) is 0.462. The molecule has 2 heterocycles. The molecule has 7 nitrogen and oxygen atoms in total. The highest BCUT2D eigenvalue weighted by Crippen LogP contribution is 2.24. The summed E-state index contributed by atoms with van der Waals surface area (Å²) in [6.45, 7) is 2.98. The summed E-state index contributed by atoms with van der Waals surface area (Å²) in [7, 11) is 0. The van der Waals surface area contributed by atoms with E-state index < -0.39 is 24.3 Å². The minimum absolute atomic E-state index is 0.0252. The third-order valence-corrected chi connectivity index (χ3v) is 4.80. The molecule has 1 aromatic carbocycles. The molecule has 0 bridgehead atoms. The number of halogens is 1. The number of hydrogen-bond donors (Lipinski definition) is 1. The average Bonchev–Trinajstić information content (AvgIpc) is 3.12. The number of amides is 1. The molecule has 0 radical (unpaired) electrons. The number of carbonyl (C=O) groups excluding carboxylic acids is 2. The van der Waals surface area contributed by atoms with E-state index in [1.165, 1.54) is 23.9 Å². The zero-order valence-corrected chi connectivity index (χ0v) is 16.6. The number of aromatic nitrogens is 2. The third kappa shape index (κ3) is 5.64. The molecule has 0 saturated heterocycles. The maximum absolute atomic E-state index is 13.8. The van der Waals surface area contributed by atoms with Gasteiger partial charge in [-0.2, -0.15) is 0 Å². The van der Waals surface area contributed by atoms with Crippen LogP contribution in [0.5, 0.6) is 0 Å². The number of thioether (sulfide) groups is 1. The van der Waals surface area contributed by atoms with Gasteiger partial charge in [-0.15, -0.1) is 0 Å². The lowest BCUT2D eigenvalue weighted by atomic mass is 10.2. The summed E-state index contributed by atoms with van der Waals surface area (Å²) in [4.78, 5) is 28.6. The fraction of sp³-hybridized carbons (Fsp3) is 0.200. The Morgan fingerprint density at radius 3 is 2.79 bits per heavy atom. The molecule has 0 spiro atoms. The predicted octanol–water partition coefficient (Wildman–Crippen LogP) is 3.91. The van der Waals surface area contributed by atoms with Gasteiger partial charge in [0.1, 0.15) is 16.6 Å². The van der Waals surface area contributed by atoms with E-state index in [4.69, 9.17) is 9.26 Å². The third-order valence-electron chi connectivity index (χ3n) is 3.76. The second kappa shape index (κ2) is 9.33. The molecule has 0 aliphatic rings. The Labute approximate surface area is 170 Å². The van der Waals surface area contributed by atoms with E-state index in [-0.39, 0.29) is 11.3 Å². The Bertz CT molecular complexity index is 1040. The fourth-order valence-corrected chi connectivity index (χ4v) is 3.27. The summed E-state index contributed by atoms with van der Waals surface area (Å²) in [5.41, 5.74) is 1.70. The lowest BCUT2D eigenvalue weighted by Gasteiger charge is -2.09. The molecule has 3 rings (SSSR count). The summed E-state index contributed by atoms with van der Waals surface area (Å²) < 4.78 is 23.9. The summed E-state index contributed by atoms with van der Waals surface area (Å²) in [6.07, 6.45) is 1.56. The fourth-order valence-electron chi connectivity index (χ4n) is 2.41. The SMILES string of the molecule is Cc1ccc(NC(=O)COC(=O)c2cccnc2SCc2cc(C)on2)c(F)c1. The first-order chi connectivity index (χ1) is 13.9. The standard InChI is InChI=1S/C20H18FN3O4S/c1-12-5-6-17(16(21)8-12)23-18(25)10-27-20(26)15-4-3-7-22-19(15)29-11-14-9-13(2)28-24-14/h3-9H,10-11H2,1-2H3,(H,23,25). The second-order valence-electron chi connectivity index (χ2n) is 6.18. The number of aryl methyl sites for hydroxylation is 2. The minimum atomic E-state index is -0.698. The van der Waals surface area contributed by atoms with E-state index in [1.807, 2.05) is 0 Å². The molecule has 9 heteroatoms. The van der Waals surface area contributed by atoms with Crippen molar-refractivity contribution < 1.29 is 23.2 Å². The van der Waals surface area contributed by atoms with E-state index in [2.05, 4.69) is 15.5 Å². The van der Waals surface area contributed by atoms with Crippen LogP contribution in [-0.2, 0) is 15.3 Å². The zero-order valence-electron chi connectivity index (χ0n) is 15.8. The largest absolute Gasteiger partial charge is 0.452 e. The Morgan fingerprint density at radius 2 is 2.07 bits per heavy atom. The molecule has 0 saturated carbocycles. The number of ether oxygens (including phenoxy) is 1. The van der Waals surface area contributed by atoms with Gasteiger partial charge in [0.25, 0.3) is 5.91 Å². The van der Waals surface area contributed by atoms with E-state index in [0.717, 1.165) is 11.3 Å². The van der Waals surface area contributed by atoms with Gasteiger partial charge in [-0.3, -0.25) is 4.79 Å². The van der Waals surface area contributed by atoms with E-state index in [0.29, 0.717) is 16.5 Å². The molecule has 0 fully saturated rings. The highest BCUT2D eigenvalue weighted by molar-refractivity contribution is 7.98. The van der Waals surface area contributed by atoms with Gasteiger partial charge in [-0.05, 0) is 43.7 Å². The zero-order chi connectivity index (χ0) is 20.8. The highest BCUT2D eigenvalue weighted by atomic mass is 32.2. The summed E-state index contributed by atoms with van der Waals surface area (Å²) >= 11 is 1.30. The van der Waals surface area contributed by atoms with Gasteiger partial charge in [0.15, 0.2) is 6.61 Å². The second-order valence-corrected chi connectivity index (χ2v) is 7.15. The van der Waals surface area contributed by atoms with Crippen LogP contribution in [0.25, 0.3) is 0 Å². The number of rotatable bonds is 7. The van der Waals surface area contributed by atoms with Gasteiger partial charge < -0.3 is 14.6 Å². The van der Waals surface area contributed by atoms with E-state index in [1.54, 1.807) is 44.3 Å². The van der Waals surface area contributed by atoms with E-state index >= 15 is 0 Å². The molecule has 3 aromatic rings. The summed E-state index contributed by atoms with van der Waals surface area (Å²) in [5, 5.41) is 6.72. The van der Waals surface area contributed by atoms with Crippen LogP contribution in [0.2, 0.25) is 0 Å². The molecule has 2 aromatic heterocycles. The normalized spacial score (nSPS) is 10.6. The lowest BCUT2D eigenvalue weighted by Crippen LogP contribution is -2.21. The predicted molar refractivity (Wildman–Crippen MR) is 105 cm³/mol. The molecule has 0 atom stereocenters. The molecule has 0 aliphatic carbocycles. The number of anilines is 1. The van der Waals surface area contributed by atoms with Crippen molar-refractivity contribution in [1.29, 1.82) is 0 Å². The van der Waals surface area contributed by atoms with Crippen molar-refractivity contribution in [3.8, 4) is 0 Å². The van der Waals surface area contributed by atoms with Crippen LogP contribution in [0, 0.1) is 19.7 Å². The van der Waals surface area contributed by atoms with Crippen LogP contribution in [-0.4, -0.2) is 28.6 Å². The van der Waals surface area contributed by atoms with Gasteiger partial charge in [0, 0.05) is 18.0 Å². The number of nitrogens with one attached hydrogen (secondary N) is 1. The Morgan fingerprint density at radius 1 is 1.24 bits per heavy atom. The number of hydrogen-bond acceptors (Lipinski definition) is 7. The molecule has 0 aliphatic heterocycles. The Kier molecular flexibility index (Phi) is 6.61. The van der Waals surface area contributed by atoms with Gasteiger partial charge in [-0.25, -0.2) is 14.2 Å². The first-order valence-electron chi connectivity index (χ1n) is 8.65. The number of carbonyl (C=O) groups is 2. The molecule has 29 heavy (non-hydrogen) atoms. The van der Waals surface area contributed by atoms with E-state index in [9.17, 15) is 14.0 Å². The lowest BCUT2D eigenvalue weighted by molar-refractivity contribution is -0.119. The molecule has 1 N–H and O–H groups in total. The van der Waals surface area contributed by atoms with Crippen LogP contribution < -0.4 is 5.32 Å². The van der Waals surface area contributed by atoms with Gasteiger partial charge in [-0.1, -0.05) is 23.0 Å². The maximum Gasteiger partial charge on any atom is 0.341 e. The number of esters is 1. The average molecular weight is 415 g/mol. The van der Waals surface area contributed by atoms with Crippen molar-refractivity contribution in [2.45, 2.75) is 24.6 Å². The van der Waals surface area contributed by atoms with Gasteiger partial charge in [0.05, 0.1) is 16.9 Å². The Hall–Kier alpha value is -3.20. The van der Waals surface area contributed by atoms with Crippen LogP contribution in [0.4, 0.5) is 10.1 Å². The first-order valence-corrected chi connectivity index (χ1v) is 9.64. The maximum atomic E-state index is 13.8. The van der Waals surface area contributed by atoms with Crippen molar-refractivity contribution in [2.75, 3.05) is 11.9 Å².